The molecule has 1 heterocycles. The monoisotopic (exact) mass is 337 g/mol. The first-order valence-corrected chi connectivity index (χ1v) is 7.86. The Labute approximate surface area is 145 Å². The van der Waals surface area contributed by atoms with Gasteiger partial charge in [0.2, 0.25) is 0 Å². The van der Waals surface area contributed by atoms with Gasteiger partial charge in [-0.25, -0.2) is 4.98 Å². The van der Waals surface area contributed by atoms with Crippen molar-refractivity contribution in [1.82, 2.24) is 4.98 Å². The van der Waals surface area contributed by atoms with Crippen molar-refractivity contribution in [1.29, 1.82) is 0 Å². The minimum absolute atomic E-state index is 0.285. The highest BCUT2D eigenvalue weighted by molar-refractivity contribution is 6.34. The normalized spacial score (nSPS) is 10.2. The Bertz CT molecular complexity index is 862. The lowest BCUT2D eigenvalue weighted by Gasteiger charge is -2.10. The van der Waals surface area contributed by atoms with Gasteiger partial charge in [-0.3, -0.25) is 4.79 Å². The Kier molecular flexibility index (Phi) is 4.77. The summed E-state index contributed by atoms with van der Waals surface area (Å²) in [6.07, 6.45) is 1.68. The fourth-order valence-corrected chi connectivity index (χ4v) is 2.46. The van der Waals surface area contributed by atoms with Crippen LogP contribution in [0.3, 0.4) is 0 Å². The maximum Gasteiger partial charge on any atom is 0.258 e. The Morgan fingerprint density at radius 2 is 1.75 bits per heavy atom. The summed E-state index contributed by atoms with van der Waals surface area (Å²) in [6.45, 7) is 2.04. The van der Waals surface area contributed by atoms with Gasteiger partial charge >= 0.3 is 0 Å². The summed E-state index contributed by atoms with van der Waals surface area (Å²) in [4.78, 5) is 16.5. The summed E-state index contributed by atoms with van der Waals surface area (Å²) >= 11 is 6.02. The van der Waals surface area contributed by atoms with E-state index < -0.39 is 0 Å². The Morgan fingerprint density at radius 3 is 2.46 bits per heavy atom. The molecule has 3 aromatic rings. The van der Waals surface area contributed by atoms with Crippen LogP contribution in [0.15, 0.2) is 66.9 Å². The molecule has 0 aliphatic heterocycles. The molecule has 0 atom stereocenters. The summed E-state index contributed by atoms with van der Waals surface area (Å²) in [7, 11) is 0. The molecule has 0 spiro atoms. The average Bonchev–Trinajstić information content (AvgIpc) is 2.59. The first-order valence-electron chi connectivity index (χ1n) is 7.48. The number of rotatable bonds is 4. The van der Waals surface area contributed by atoms with Gasteiger partial charge in [0.15, 0.2) is 0 Å². The molecule has 1 amide bonds. The number of amides is 1. The second-order valence-corrected chi connectivity index (χ2v) is 5.71. The van der Waals surface area contributed by atoms with Crippen molar-refractivity contribution in [3.8, 4) is 0 Å². The van der Waals surface area contributed by atoms with Crippen molar-refractivity contribution in [2.45, 2.75) is 6.92 Å². The van der Waals surface area contributed by atoms with Crippen molar-refractivity contribution >= 4 is 34.7 Å². The predicted molar refractivity (Wildman–Crippen MR) is 98.1 cm³/mol. The average molecular weight is 338 g/mol. The van der Waals surface area contributed by atoms with Gasteiger partial charge in [-0.15, -0.1) is 0 Å². The van der Waals surface area contributed by atoms with Gasteiger partial charge < -0.3 is 10.6 Å². The quantitative estimate of drug-likeness (QED) is 0.701. The lowest BCUT2D eigenvalue weighted by molar-refractivity contribution is 0.102. The molecule has 4 nitrogen and oxygen atoms in total. The van der Waals surface area contributed by atoms with Crippen LogP contribution in [0, 0.1) is 6.92 Å². The van der Waals surface area contributed by atoms with Gasteiger partial charge in [0.1, 0.15) is 5.82 Å². The summed E-state index contributed by atoms with van der Waals surface area (Å²) in [5.74, 6) is 0.183. The Balaban J connectivity index is 1.70. The number of halogens is 1. The number of hydrogen-bond donors (Lipinski definition) is 2. The zero-order chi connectivity index (χ0) is 16.9. The maximum absolute atomic E-state index is 12.2. The van der Waals surface area contributed by atoms with E-state index in [0.717, 1.165) is 16.9 Å². The van der Waals surface area contributed by atoms with E-state index in [-0.39, 0.29) is 5.91 Å². The molecule has 5 heteroatoms. The van der Waals surface area contributed by atoms with Crippen LogP contribution in [0.4, 0.5) is 17.2 Å². The second kappa shape index (κ2) is 7.15. The van der Waals surface area contributed by atoms with Gasteiger partial charge in [0, 0.05) is 5.69 Å². The largest absolute Gasteiger partial charge is 0.354 e. The fourth-order valence-electron chi connectivity index (χ4n) is 2.24. The highest BCUT2D eigenvalue weighted by Gasteiger charge is 2.10. The van der Waals surface area contributed by atoms with Crippen LogP contribution in [-0.2, 0) is 0 Å². The molecule has 0 radical (unpaired) electrons. The van der Waals surface area contributed by atoms with E-state index in [0.29, 0.717) is 16.4 Å². The van der Waals surface area contributed by atoms with Gasteiger partial charge in [0.05, 0.1) is 22.5 Å². The van der Waals surface area contributed by atoms with Crippen LogP contribution in [0.25, 0.3) is 0 Å². The number of anilines is 3. The number of benzene rings is 2. The second-order valence-electron chi connectivity index (χ2n) is 5.31. The van der Waals surface area contributed by atoms with Crippen molar-refractivity contribution in [3.63, 3.8) is 0 Å². The molecule has 120 valence electrons. The van der Waals surface area contributed by atoms with Gasteiger partial charge in [-0.05, 0) is 42.8 Å². The molecular weight excluding hydrogens is 322 g/mol. The van der Waals surface area contributed by atoms with Crippen molar-refractivity contribution in [2.75, 3.05) is 10.6 Å². The topological polar surface area (TPSA) is 54.0 Å². The van der Waals surface area contributed by atoms with Crippen LogP contribution in [0.5, 0.6) is 0 Å². The summed E-state index contributed by atoms with van der Waals surface area (Å²) in [5.41, 5.74) is 3.43. The molecule has 2 aromatic carbocycles. The molecule has 0 unspecified atom stereocenters. The minimum Gasteiger partial charge on any atom is -0.354 e. The maximum atomic E-state index is 12.2. The van der Waals surface area contributed by atoms with Crippen molar-refractivity contribution in [2.24, 2.45) is 0 Å². The minimum atomic E-state index is -0.285. The SMILES string of the molecule is Cc1ccccc1Nc1ccc(NC(=O)c2ccccc2Cl)nc1. The molecule has 1 aromatic heterocycles. The molecule has 0 saturated carbocycles. The third kappa shape index (κ3) is 3.73. The van der Waals surface area contributed by atoms with E-state index in [1.807, 2.05) is 37.3 Å². The number of aromatic nitrogens is 1. The smallest absolute Gasteiger partial charge is 0.258 e. The zero-order valence-corrected chi connectivity index (χ0v) is 13.8. The van der Waals surface area contributed by atoms with Gasteiger partial charge in [-0.1, -0.05) is 41.9 Å². The summed E-state index contributed by atoms with van der Waals surface area (Å²) in [5, 5.41) is 6.45. The van der Waals surface area contributed by atoms with E-state index >= 15 is 0 Å². The van der Waals surface area contributed by atoms with Crippen LogP contribution in [0.2, 0.25) is 5.02 Å². The van der Waals surface area contributed by atoms with Gasteiger partial charge in [0.25, 0.3) is 5.91 Å². The highest BCUT2D eigenvalue weighted by atomic mass is 35.5. The lowest BCUT2D eigenvalue weighted by atomic mass is 10.2. The van der Waals surface area contributed by atoms with Crippen LogP contribution in [0.1, 0.15) is 15.9 Å². The Morgan fingerprint density at radius 1 is 1.00 bits per heavy atom. The predicted octanol–water partition coefficient (Wildman–Crippen LogP) is 5.04. The van der Waals surface area contributed by atoms with Crippen molar-refractivity contribution in [3.05, 3.63) is 83.0 Å². The number of carbonyl (C=O) groups is 1. The summed E-state index contributed by atoms with van der Waals surface area (Å²) in [6, 6.07) is 18.5. The number of pyridine rings is 1. The van der Waals surface area contributed by atoms with Crippen LogP contribution >= 0.6 is 11.6 Å². The van der Waals surface area contributed by atoms with E-state index in [9.17, 15) is 4.79 Å². The number of aryl methyl sites for hydroxylation is 1. The molecule has 0 fully saturated rings. The van der Waals surface area contributed by atoms with Gasteiger partial charge in [-0.2, -0.15) is 0 Å². The molecule has 0 saturated heterocycles. The molecule has 2 N–H and O–H groups in total. The number of para-hydroxylation sites is 1. The molecule has 0 bridgehead atoms. The van der Waals surface area contributed by atoms with E-state index in [4.69, 9.17) is 11.6 Å². The first kappa shape index (κ1) is 16.0. The molecule has 0 aliphatic rings. The Hall–Kier alpha value is -2.85. The summed E-state index contributed by atoms with van der Waals surface area (Å²) < 4.78 is 0. The number of nitrogens with one attached hydrogen (secondary N) is 2. The van der Waals surface area contributed by atoms with E-state index in [1.165, 1.54) is 0 Å². The first-order chi connectivity index (χ1) is 11.6. The fraction of sp³-hybridized carbons (Fsp3) is 0.0526. The third-order valence-corrected chi connectivity index (χ3v) is 3.88. The molecule has 0 aliphatic carbocycles. The number of hydrogen-bond acceptors (Lipinski definition) is 3. The highest BCUT2D eigenvalue weighted by Crippen LogP contribution is 2.21. The number of carbonyl (C=O) groups excluding carboxylic acids is 1. The molecular formula is C19H16ClN3O. The third-order valence-electron chi connectivity index (χ3n) is 3.55. The molecule has 3 rings (SSSR count). The molecule has 24 heavy (non-hydrogen) atoms. The van der Waals surface area contributed by atoms with Crippen LogP contribution < -0.4 is 10.6 Å². The number of nitrogens with zero attached hydrogens (tertiary/aromatic N) is 1. The van der Waals surface area contributed by atoms with E-state index in [1.54, 1.807) is 36.5 Å². The zero-order valence-electron chi connectivity index (χ0n) is 13.1. The van der Waals surface area contributed by atoms with Crippen molar-refractivity contribution < 1.29 is 4.79 Å². The van der Waals surface area contributed by atoms with Crippen LogP contribution in [-0.4, -0.2) is 10.9 Å². The van der Waals surface area contributed by atoms with E-state index in [2.05, 4.69) is 15.6 Å². The standard InChI is InChI=1S/C19H16ClN3O/c1-13-6-2-5-9-17(13)22-14-10-11-18(21-12-14)23-19(24)15-7-3-4-8-16(15)20/h2-12,22H,1H3,(H,21,23,24). The lowest BCUT2D eigenvalue weighted by Crippen LogP contribution is -2.13.